The van der Waals surface area contributed by atoms with Gasteiger partial charge in [-0.15, -0.1) is 0 Å². The van der Waals surface area contributed by atoms with E-state index in [2.05, 4.69) is 12.2 Å². The molecule has 1 aliphatic heterocycles. The van der Waals surface area contributed by atoms with Crippen LogP contribution in [0.2, 0.25) is 0 Å². The summed E-state index contributed by atoms with van der Waals surface area (Å²) in [5.74, 6) is -1.62. The van der Waals surface area contributed by atoms with Gasteiger partial charge in [-0.1, -0.05) is 43.7 Å². The van der Waals surface area contributed by atoms with Crippen molar-refractivity contribution in [2.75, 3.05) is 16.8 Å². The lowest BCUT2D eigenvalue weighted by Crippen LogP contribution is -2.33. The maximum atomic E-state index is 12.6. The van der Waals surface area contributed by atoms with Gasteiger partial charge in [0.15, 0.2) is 6.10 Å². The number of amides is 2. The third-order valence-electron chi connectivity index (χ3n) is 5.59. The lowest BCUT2D eigenvalue weighted by Gasteiger charge is -2.18. The number of para-hydroxylation sites is 1. The Morgan fingerprint density at radius 3 is 2.55 bits per heavy atom. The van der Waals surface area contributed by atoms with Crippen LogP contribution < -0.4 is 10.2 Å². The molecule has 6 nitrogen and oxygen atoms in total. The number of hydrogen-bond acceptors (Lipinski definition) is 4. The molecule has 2 amide bonds. The topological polar surface area (TPSA) is 75.7 Å². The zero-order chi connectivity index (χ0) is 22.4. The summed E-state index contributed by atoms with van der Waals surface area (Å²) in [6.07, 6.45) is 2.42. The highest BCUT2D eigenvalue weighted by Crippen LogP contribution is 2.27. The van der Waals surface area contributed by atoms with Gasteiger partial charge in [0.25, 0.3) is 5.91 Å². The number of benzene rings is 2. The molecule has 1 aliphatic rings. The highest BCUT2D eigenvalue weighted by Gasteiger charge is 2.37. The number of anilines is 2. The number of nitrogens with one attached hydrogen (secondary N) is 1. The van der Waals surface area contributed by atoms with Gasteiger partial charge in [0.2, 0.25) is 5.91 Å². The Labute approximate surface area is 183 Å². The Morgan fingerprint density at radius 1 is 1.16 bits per heavy atom. The van der Waals surface area contributed by atoms with Crippen molar-refractivity contribution in [2.24, 2.45) is 5.92 Å². The van der Waals surface area contributed by atoms with Crippen LogP contribution in [0.4, 0.5) is 11.4 Å². The molecule has 2 atom stereocenters. The molecule has 164 valence electrons. The number of nitrogens with zero attached hydrogens (tertiary/aromatic N) is 1. The largest absolute Gasteiger partial charge is 0.452 e. The molecule has 31 heavy (non-hydrogen) atoms. The fourth-order valence-electron chi connectivity index (χ4n) is 3.61. The van der Waals surface area contributed by atoms with Gasteiger partial charge >= 0.3 is 5.97 Å². The summed E-state index contributed by atoms with van der Waals surface area (Å²) in [4.78, 5) is 39.1. The Bertz CT molecular complexity index is 939. The minimum atomic E-state index is -0.950. The van der Waals surface area contributed by atoms with E-state index in [4.69, 9.17) is 4.74 Å². The number of rotatable bonds is 8. The first-order valence-electron chi connectivity index (χ1n) is 10.8. The minimum Gasteiger partial charge on any atom is -0.452 e. The first-order chi connectivity index (χ1) is 14.9. The quantitative estimate of drug-likeness (QED) is 0.645. The fourth-order valence-corrected chi connectivity index (χ4v) is 3.61. The van der Waals surface area contributed by atoms with Crippen molar-refractivity contribution < 1.29 is 19.1 Å². The van der Waals surface area contributed by atoms with Crippen LogP contribution in [0.15, 0.2) is 48.5 Å². The van der Waals surface area contributed by atoms with Gasteiger partial charge in [0.05, 0.1) is 5.92 Å². The van der Waals surface area contributed by atoms with Crippen LogP contribution in [-0.4, -0.2) is 30.4 Å². The smallest absolute Gasteiger partial charge is 0.312 e. The maximum absolute atomic E-state index is 12.6. The molecule has 0 bridgehead atoms. The summed E-state index contributed by atoms with van der Waals surface area (Å²) < 4.78 is 5.37. The summed E-state index contributed by atoms with van der Waals surface area (Å²) in [5.41, 5.74) is 3.62. The van der Waals surface area contributed by atoms with Gasteiger partial charge in [-0.3, -0.25) is 14.4 Å². The summed E-state index contributed by atoms with van der Waals surface area (Å²) in [6, 6.07) is 15.3. The maximum Gasteiger partial charge on any atom is 0.312 e. The molecule has 0 aliphatic carbocycles. The average Bonchev–Trinajstić information content (AvgIpc) is 3.16. The number of carbonyl (C=O) groups excluding carboxylic acids is 3. The molecule has 1 heterocycles. The lowest BCUT2D eigenvalue weighted by atomic mass is 10.1. The van der Waals surface area contributed by atoms with E-state index < -0.39 is 23.9 Å². The second kappa shape index (κ2) is 10.2. The van der Waals surface area contributed by atoms with Crippen LogP contribution in [0, 0.1) is 12.8 Å². The van der Waals surface area contributed by atoms with Crippen LogP contribution in [0.3, 0.4) is 0 Å². The molecule has 0 radical (unpaired) electrons. The zero-order valence-electron chi connectivity index (χ0n) is 18.4. The van der Waals surface area contributed by atoms with E-state index in [1.807, 2.05) is 49.4 Å². The third kappa shape index (κ3) is 5.72. The second-order valence-corrected chi connectivity index (χ2v) is 8.06. The number of aryl methyl sites for hydroxylation is 2. The molecule has 0 spiro atoms. The molecule has 0 aromatic heterocycles. The van der Waals surface area contributed by atoms with E-state index in [1.54, 1.807) is 11.0 Å². The number of unbranched alkanes of at least 4 members (excludes halogenated alkanes) is 1. The standard InChI is InChI=1S/C25H30N2O4/c1-4-5-9-19-11-13-21(14-12-19)27-16-20(15-23(27)28)25(30)31-18(3)24(29)26-22-10-7-6-8-17(22)2/h6-8,10-14,18,20H,4-5,9,15-16H2,1-3H3,(H,26,29)/t18-,20+/m1/s1. The Hall–Kier alpha value is -3.15. The van der Waals surface area contributed by atoms with Gasteiger partial charge in [-0.2, -0.15) is 0 Å². The van der Waals surface area contributed by atoms with Gasteiger partial charge < -0.3 is 15.0 Å². The molecule has 1 fully saturated rings. The molecular formula is C25H30N2O4. The highest BCUT2D eigenvalue weighted by atomic mass is 16.5. The summed E-state index contributed by atoms with van der Waals surface area (Å²) in [6.45, 7) is 5.85. The third-order valence-corrected chi connectivity index (χ3v) is 5.59. The van der Waals surface area contributed by atoms with Crippen molar-refractivity contribution in [3.8, 4) is 0 Å². The Kier molecular flexibility index (Phi) is 7.45. The number of ether oxygens (including phenoxy) is 1. The number of carbonyl (C=O) groups is 3. The van der Waals surface area contributed by atoms with E-state index in [9.17, 15) is 14.4 Å². The van der Waals surface area contributed by atoms with Crippen LogP contribution in [0.1, 0.15) is 44.2 Å². The van der Waals surface area contributed by atoms with Crippen LogP contribution >= 0.6 is 0 Å². The molecule has 6 heteroatoms. The average molecular weight is 423 g/mol. The van der Waals surface area contributed by atoms with Crippen molar-refractivity contribution in [1.82, 2.24) is 0 Å². The van der Waals surface area contributed by atoms with E-state index in [0.717, 1.165) is 30.5 Å². The lowest BCUT2D eigenvalue weighted by molar-refractivity contribution is -0.157. The Balaban J connectivity index is 1.56. The number of hydrogen-bond donors (Lipinski definition) is 1. The van der Waals surface area contributed by atoms with Crippen molar-refractivity contribution in [3.05, 3.63) is 59.7 Å². The molecule has 2 aromatic rings. The molecule has 1 saturated heterocycles. The first kappa shape index (κ1) is 22.5. The molecule has 2 aromatic carbocycles. The molecule has 0 saturated carbocycles. The van der Waals surface area contributed by atoms with Crippen LogP contribution in [0.25, 0.3) is 0 Å². The van der Waals surface area contributed by atoms with Crippen molar-refractivity contribution in [1.29, 1.82) is 0 Å². The molecular weight excluding hydrogens is 392 g/mol. The Morgan fingerprint density at radius 2 is 1.87 bits per heavy atom. The fraction of sp³-hybridized carbons (Fsp3) is 0.400. The van der Waals surface area contributed by atoms with Crippen LogP contribution in [0.5, 0.6) is 0 Å². The second-order valence-electron chi connectivity index (χ2n) is 8.06. The van der Waals surface area contributed by atoms with E-state index in [-0.39, 0.29) is 18.9 Å². The van der Waals surface area contributed by atoms with Crippen molar-refractivity contribution >= 4 is 29.2 Å². The van der Waals surface area contributed by atoms with E-state index in [1.165, 1.54) is 12.5 Å². The van der Waals surface area contributed by atoms with Gasteiger partial charge in [0, 0.05) is 24.3 Å². The predicted octanol–water partition coefficient (Wildman–Crippen LogP) is 4.26. The van der Waals surface area contributed by atoms with Gasteiger partial charge in [-0.05, 0) is 56.0 Å². The van der Waals surface area contributed by atoms with E-state index >= 15 is 0 Å². The zero-order valence-corrected chi connectivity index (χ0v) is 18.4. The molecule has 1 N–H and O–H groups in total. The monoisotopic (exact) mass is 422 g/mol. The van der Waals surface area contributed by atoms with Crippen molar-refractivity contribution in [3.63, 3.8) is 0 Å². The minimum absolute atomic E-state index is 0.0859. The SMILES string of the molecule is CCCCc1ccc(N2C[C@@H](C(=O)O[C@H](C)C(=O)Nc3ccccc3C)CC2=O)cc1. The van der Waals surface area contributed by atoms with Crippen molar-refractivity contribution in [2.45, 2.75) is 52.6 Å². The molecule has 3 rings (SSSR count). The number of esters is 1. The molecule has 0 unspecified atom stereocenters. The first-order valence-corrected chi connectivity index (χ1v) is 10.8. The van der Waals surface area contributed by atoms with Crippen LogP contribution in [-0.2, 0) is 25.5 Å². The van der Waals surface area contributed by atoms with E-state index in [0.29, 0.717) is 5.69 Å². The summed E-state index contributed by atoms with van der Waals surface area (Å²) in [5, 5.41) is 2.78. The highest BCUT2D eigenvalue weighted by molar-refractivity contribution is 6.00. The predicted molar refractivity (Wildman–Crippen MR) is 121 cm³/mol. The summed E-state index contributed by atoms with van der Waals surface area (Å²) >= 11 is 0. The normalized spacial score (nSPS) is 16.8. The summed E-state index contributed by atoms with van der Waals surface area (Å²) in [7, 11) is 0. The van der Waals surface area contributed by atoms with Gasteiger partial charge in [-0.25, -0.2) is 0 Å². The van der Waals surface area contributed by atoms with Gasteiger partial charge in [0.1, 0.15) is 0 Å².